The SMILES string of the molecule is COc1ccc(C=NNc2nc(-c3ccc(Cl)cc3)c(NC(=O)c3ccco3)s2)cc1OC. The number of anilines is 2. The van der Waals surface area contributed by atoms with Crippen LogP contribution in [-0.4, -0.2) is 31.3 Å². The van der Waals surface area contributed by atoms with Crippen LogP contribution < -0.4 is 20.2 Å². The molecule has 0 aliphatic carbocycles. The fourth-order valence-electron chi connectivity index (χ4n) is 2.92. The normalized spacial score (nSPS) is 10.9. The summed E-state index contributed by atoms with van der Waals surface area (Å²) >= 11 is 7.26. The van der Waals surface area contributed by atoms with Crippen molar-refractivity contribution < 1.29 is 18.7 Å². The average Bonchev–Trinajstić information content (AvgIpc) is 3.50. The largest absolute Gasteiger partial charge is 0.493 e. The maximum atomic E-state index is 12.5. The van der Waals surface area contributed by atoms with Crippen LogP contribution in [0.5, 0.6) is 11.5 Å². The van der Waals surface area contributed by atoms with E-state index in [9.17, 15) is 4.79 Å². The molecule has 1 amide bonds. The highest BCUT2D eigenvalue weighted by molar-refractivity contribution is 7.20. The van der Waals surface area contributed by atoms with E-state index in [0.717, 1.165) is 11.1 Å². The van der Waals surface area contributed by atoms with Crippen molar-refractivity contribution in [2.45, 2.75) is 0 Å². The van der Waals surface area contributed by atoms with Crippen molar-refractivity contribution in [1.82, 2.24) is 4.98 Å². The molecule has 2 N–H and O–H groups in total. The van der Waals surface area contributed by atoms with Gasteiger partial charge in [0.2, 0.25) is 5.13 Å². The van der Waals surface area contributed by atoms with Crippen LogP contribution in [0.4, 0.5) is 10.1 Å². The van der Waals surface area contributed by atoms with Crippen LogP contribution in [0, 0.1) is 0 Å². The number of rotatable bonds is 8. The third-order valence-electron chi connectivity index (χ3n) is 4.50. The third kappa shape index (κ3) is 5.33. The Balaban J connectivity index is 1.57. The first-order valence-corrected chi connectivity index (χ1v) is 10.9. The number of benzene rings is 2. The van der Waals surface area contributed by atoms with Gasteiger partial charge in [0.25, 0.3) is 5.91 Å². The van der Waals surface area contributed by atoms with Gasteiger partial charge in [-0.3, -0.25) is 10.2 Å². The second kappa shape index (κ2) is 10.2. The van der Waals surface area contributed by atoms with Crippen molar-refractivity contribution in [1.29, 1.82) is 0 Å². The van der Waals surface area contributed by atoms with Gasteiger partial charge in [-0.15, -0.1) is 0 Å². The van der Waals surface area contributed by atoms with Gasteiger partial charge >= 0.3 is 0 Å². The molecule has 4 rings (SSSR count). The lowest BCUT2D eigenvalue weighted by molar-refractivity contribution is 0.0997. The topological polar surface area (TPSA) is 98.0 Å². The van der Waals surface area contributed by atoms with E-state index >= 15 is 0 Å². The maximum Gasteiger partial charge on any atom is 0.292 e. The number of nitrogens with one attached hydrogen (secondary N) is 2. The van der Waals surface area contributed by atoms with E-state index in [1.54, 1.807) is 56.8 Å². The van der Waals surface area contributed by atoms with Crippen LogP contribution >= 0.6 is 22.9 Å². The Morgan fingerprint density at radius 2 is 1.91 bits per heavy atom. The molecule has 0 saturated heterocycles. The summed E-state index contributed by atoms with van der Waals surface area (Å²) in [5.41, 5.74) is 5.10. The van der Waals surface area contributed by atoms with Crippen LogP contribution in [0.3, 0.4) is 0 Å². The molecular weight excluding hydrogens is 464 g/mol. The number of aromatic nitrogens is 1. The summed E-state index contributed by atoms with van der Waals surface area (Å²) < 4.78 is 15.7. The van der Waals surface area contributed by atoms with Gasteiger partial charge in [-0.05, 0) is 48.0 Å². The molecule has 4 aromatic rings. The van der Waals surface area contributed by atoms with Gasteiger partial charge in [0.15, 0.2) is 17.3 Å². The summed E-state index contributed by atoms with van der Waals surface area (Å²) in [6, 6.07) is 15.9. The molecule has 0 saturated carbocycles. The summed E-state index contributed by atoms with van der Waals surface area (Å²) in [5, 5.41) is 8.75. The molecule has 0 unspecified atom stereocenters. The summed E-state index contributed by atoms with van der Waals surface area (Å²) in [6.45, 7) is 0. The van der Waals surface area contributed by atoms with E-state index in [4.69, 9.17) is 25.5 Å². The van der Waals surface area contributed by atoms with Gasteiger partial charge in [-0.2, -0.15) is 5.10 Å². The lowest BCUT2D eigenvalue weighted by atomic mass is 10.1. The molecule has 168 valence electrons. The number of halogens is 1. The summed E-state index contributed by atoms with van der Waals surface area (Å²) in [5.74, 6) is 1.06. The number of amides is 1. The number of ether oxygens (including phenoxy) is 2. The fraction of sp³-hybridized carbons (Fsp3) is 0.0870. The molecule has 10 heteroatoms. The molecule has 2 aromatic heterocycles. The van der Waals surface area contributed by atoms with E-state index in [0.29, 0.717) is 32.3 Å². The molecule has 0 bridgehead atoms. The second-order valence-corrected chi connectivity index (χ2v) is 8.05. The predicted molar refractivity (Wildman–Crippen MR) is 130 cm³/mol. The van der Waals surface area contributed by atoms with Gasteiger partial charge in [0, 0.05) is 10.6 Å². The van der Waals surface area contributed by atoms with Crippen molar-refractivity contribution in [3.05, 3.63) is 77.2 Å². The average molecular weight is 483 g/mol. The number of thiazole rings is 1. The highest BCUT2D eigenvalue weighted by Crippen LogP contribution is 2.36. The summed E-state index contributed by atoms with van der Waals surface area (Å²) in [4.78, 5) is 17.1. The van der Waals surface area contributed by atoms with Gasteiger partial charge in [0.1, 0.15) is 10.7 Å². The minimum absolute atomic E-state index is 0.200. The molecule has 2 heterocycles. The van der Waals surface area contributed by atoms with Crippen LogP contribution in [0.25, 0.3) is 11.3 Å². The first-order valence-electron chi connectivity index (χ1n) is 9.70. The van der Waals surface area contributed by atoms with Crippen molar-refractivity contribution in [3.63, 3.8) is 0 Å². The Morgan fingerprint density at radius 1 is 1.12 bits per heavy atom. The first-order chi connectivity index (χ1) is 16.1. The predicted octanol–water partition coefficient (Wildman–Crippen LogP) is 5.77. The minimum atomic E-state index is -0.376. The standard InChI is InChI=1S/C23H19ClN4O4S/c1-30-17-10-5-14(12-19(17)31-2)13-25-28-23-26-20(15-6-8-16(24)9-7-15)22(33-23)27-21(29)18-4-3-11-32-18/h3-13H,1-2H3,(H,26,28)(H,27,29). The van der Waals surface area contributed by atoms with Crippen molar-refractivity contribution >= 4 is 45.2 Å². The van der Waals surface area contributed by atoms with Crippen LogP contribution in [0.1, 0.15) is 16.1 Å². The second-order valence-electron chi connectivity index (χ2n) is 6.62. The fourth-order valence-corrected chi connectivity index (χ4v) is 3.88. The van der Waals surface area contributed by atoms with Gasteiger partial charge in [0.05, 0.1) is 26.7 Å². The number of hydrogen-bond acceptors (Lipinski definition) is 8. The summed E-state index contributed by atoms with van der Waals surface area (Å²) in [6.07, 6.45) is 3.07. The molecule has 0 spiro atoms. The van der Waals surface area contributed by atoms with Gasteiger partial charge < -0.3 is 19.2 Å². The van der Waals surface area contributed by atoms with E-state index < -0.39 is 0 Å². The number of hydrogen-bond donors (Lipinski definition) is 2. The van der Waals surface area contributed by atoms with E-state index in [2.05, 4.69) is 20.8 Å². The molecule has 8 nitrogen and oxygen atoms in total. The Labute approximate surface area is 198 Å². The maximum absolute atomic E-state index is 12.5. The number of methoxy groups -OCH3 is 2. The zero-order chi connectivity index (χ0) is 23.2. The van der Waals surface area contributed by atoms with Crippen molar-refractivity contribution in [2.24, 2.45) is 5.10 Å². The number of carbonyl (C=O) groups excluding carboxylic acids is 1. The quantitative estimate of drug-likeness (QED) is 0.244. The monoisotopic (exact) mass is 482 g/mol. The molecule has 33 heavy (non-hydrogen) atoms. The minimum Gasteiger partial charge on any atom is -0.493 e. The highest BCUT2D eigenvalue weighted by atomic mass is 35.5. The molecule has 0 radical (unpaired) electrons. The molecule has 0 aliphatic rings. The lowest BCUT2D eigenvalue weighted by Gasteiger charge is -2.07. The van der Waals surface area contributed by atoms with Crippen molar-refractivity contribution in [3.8, 4) is 22.8 Å². The molecular formula is C23H19ClN4O4S. The Hall–Kier alpha value is -3.82. The highest BCUT2D eigenvalue weighted by Gasteiger charge is 2.18. The van der Waals surface area contributed by atoms with E-state index in [1.807, 2.05) is 18.2 Å². The van der Waals surface area contributed by atoms with Gasteiger partial charge in [-0.25, -0.2) is 4.98 Å². The van der Waals surface area contributed by atoms with Crippen molar-refractivity contribution in [2.75, 3.05) is 25.0 Å². The number of hydrazone groups is 1. The lowest BCUT2D eigenvalue weighted by Crippen LogP contribution is -2.10. The van der Waals surface area contributed by atoms with Crippen LogP contribution in [0.15, 0.2) is 70.4 Å². The zero-order valence-electron chi connectivity index (χ0n) is 17.7. The van der Waals surface area contributed by atoms with E-state index in [-0.39, 0.29) is 11.7 Å². The number of furan rings is 1. The van der Waals surface area contributed by atoms with Crippen LogP contribution in [0.2, 0.25) is 5.02 Å². The number of nitrogens with zero attached hydrogens (tertiary/aromatic N) is 2. The Morgan fingerprint density at radius 3 is 2.61 bits per heavy atom. The molecule has 0 aliphatic heterocycles. The third-order valence-corrected chi connectivity index (χ3v) is 5.63. The molecule has 0 atom stereocenters. The molecule has 2 aromatic carbocycles. The van der Waals surface area contributed by atoms with E-state index in [1.165, 1.54) is 17.6 Å². The molecule has 0 fully saturated rings. The summed E-state index contributed by atoms with van der Waals surface area (Å²) in [7, 11) is 3.15. The van der Waals surface area contributed by atoms with Gasteiger partial charge in [-0.1, -0.05) is 35.1 Å². The smallest absolute Gasteiger partial charge is 0.292 e. The number of carbonyl (C=O) groups is 1. The zero-order valence-corrected chi connectivity index (χ0v) is 19.2. The first kappa shape index (κ1) is 22.4. The van der Waals surface area contributed by atoms with Crippen LogP contribution in [-0.2, 0) is 0 Å². The Bertz CT molecular complexity index is 1270. The Kier molecular flexibility index (Phi) is 6.92.